The number of hydrogen-bond acceptors (Lipinski definition) is 6. The van der Waals surface area contributed by atoms with Crippen molar-refractivity contribution < 1.29 is 29.6 Å². The molecule has 4 atom stereocenters. The van der Waals surface area contributed by atoms with E-state index in [2.05, 4.69) is 6.92 Å². The lowest BCUT2D eigenvalue weighted by atomic mass is 9.68. The largest absolute Gasteiger partial charge is 0.508 e. The Balaban J connectivity index is 1.57. The molecule has 0 bridgehead atoms. The molecule has 8 heteroatoms. The number of ether oxygens (including phenoxy) is 1. The van der Waals surface area contributed by atoms with Crippen LogP contribution in [0.3, 0.4) is 0 Å². The van der Waals surface area contributed by atoms with E-state index in [-0.39, 0.29) is 36.8 Å². The summed E-state index contributed by atoms with van der Waals surface area (Å²) in [7, 11) is 1.58. The highest BCUT2D eigenvalue weighted by molar-refractivity contribution is 6.32. The zero-order chi connectivity index (χ0) is 28.1. The van der Waals surface area contributed by atoms with Gasteiger partial charge in [0, 0.05) is 19.1 Å². The molecule has 0 unspecified atom stereocenters. The Morgan fingerprint density at radius 3 is 2.56 bits per heavy atom. The van der Waals surface area contributed by atoms with E-state index in [0.29, 0.717) is 29.9 Å². The van der Waals surface area contributed by atoms with Crippen LogP contribution in [0.15, 0.2) is 34.9 Å². The number of imide groups is 1. The number of nitrogens with zero attached hydrogens (tertiary/aromatic N) is 1. The fourth-order valence-electron chi connectivity index (χ4n) is 6.91. The third kappa shape index (κ3) is 6.43. The van der Waals surface area contributed by atoms with Gasteiger partial charge in [-0.05, 0) is 73.4 Å². The van der Waals surface area contributed by atoms with E-state index < -0.39 is 23.9 Å². The average Bonchev–Trinajstić information content (AvgIpc) is 3.17. The zero-order valence-corrected chi connectivity index (χ0v) is 23.8. The molecule has 214 valence electrons. The lowest BCUT2D eigenvalue weighted by Crippen LogP contribution is -2.42. The number of aromatic hydroxyl groups is 1. The minimum atomic E-state index is -0.879. The number of hydrogen-bond donors (Lipinski definition) is 3. The second kappa shape index (κ2) is 13.4. The molecule has 0 spiro atoms. The van der Waals surface area contributed by atoms with Crippen LogP contribution in [0.2, 0.25) is 5.02 Å². The predicted molar refractivity (Wildman–Crippen MR) is 151 cm³/mol. The van der Waals surface area contributed by atoms with Crippen LogP contribution in [0, 0.1) is 17.8 Å². The highest BCUT2D eigenvalue weighted by Gasteiger charge is 2.56. The summed E-state index contributed by atoms with van der Waals surface area (Å²) in [6.07, 6.45) is 9.09. The van der Waals surface area contributed by atoms with Crippen LogP contribution in [-0.2, 0) is 14.3 Å². The molecule has 4 rings (SSSR count). The summed E-state index contributed by atoms with van der Waals surface area (Å²) in [5, 5.41) is 32.2. The van der Waals surface area contributed by atoms with Crippen molar-refractivity contribution in [3.05, 3.63) is 45.5 Å². The van der Waals surface area contributed by atoms with E-state index in [9.17, 15) is 24.9 Å². The van der Waals surface area contributed by atoms with Gasteiger partial charge in [0.1, 0.15) is 5.75 Å². The lowest BCUT2D eigenvalue weighted by molar-refractivity contribution is -0.143. The first-order valence-corrected chi connectivity index (χ1v) is 14.7. The molecular formula is C31H42ClNO6. The number of allylic oxidation sites excluding steroid dienone is 1. The van der Waals surface area contributed by atoms with E-state index in [1.54, 1.807) is 19.2 Å². The third-order valence-corrected chi connectivity index (χ3v) is 9.01. The molecule has 1 aliphatic heterocycles. The van der Waals surface area contributed by atoms with Gasteiger partial charge in [0.05, 0.1) is 36.2 Å². The van der Waals surface area contributed by atoms with Crippen molar-refractivity contribution in [2.24, 2.45) is 17.8 Å². The maximum absolute atomic E-state index is 13.7. The number of phenolic OH excluding ortho intramolecular Hbond substituents is 1. The van der Waals surface area contributed by atoms with Gasteiger partial charge in [0.2, 0.25) is 11.8 Å². The molecule has 1 aromatic rings. The number of rotatable bonds is 11. The Bertz CT molecular complexity index is 1110. The van der Waals surface area contributed by atoms with Crippen LogP contribution in [0.5, 0.6) is 5.75 Å². The van der Waals surface area contributed by atoms with Crippen molar-refractivity contribution in [1.82, 2.24) is 4.90 Å². The number of fused-ring (bicyclic) bond motifs is 1. The molecule has 2 amide bonds. The first-order valence-electron chi connectivity index (χ1n) is 14.3. The maximum Gasteiger partial charge on any atom is 0.234 e. The van der Waals surface area contributed by atoms with E-state index in [1.165, 1.54) is 11.0 Å². The van der Waals surface area contributed by atoms with Crippen LogP contribution in [0.4, 0.5) is 0 Å². The minimum Gasteiger partial charge on any atom is -0.508 e. The topological polar surface area (TPSA) is 107 Å². The molecule has 2 fully saturated rings. The zero-order valence-electron chi connectivity index (χ0n) is 23.1. The summed E-state index contributed by atoms with van der Waals surface area (Å²) in [5.41, 5.74) is 3.39. The highest BCUT2D eigenvalue weighted by atomic mass is 35.5. The van der Waals surface area contributed by atoms with E-state index >= 15 is 0 Å². The molecule has 1 heterocycles. The highest BCUT2D eigenvalue weighted by Crippen LogP contribution is 2.47. The molecule has 3 N–H and O–H groups in total. The van der Waals surface area contributed by atoms with Gasteiger partial charge in [0.25, 0.3) is 0 Å². The number of likely N-dealkylation sites (tertiary alicyclic amines) is 1. The number of phenols is 1. The lowest BCUT2D eigenvalue weighted by Gasteiger charge is -2.36. The van der Waals surface area contributed by atoms with Crippen LogP contribution >= 0.6 is 11.6 Å². The molecule has 1 saturated carbocycles. The summed E-state index contributed by atoms with van der Waals surface area (Å²) in [5.74, 6) is -1.97. The quantitative estimate of drug-likeness (QED) is 0.252. The number of amides is 2. The Kier molecular flexibility index (Phi) is 10.3. The van der Waals surface area contributed by atoms with Gasteiger partial charge in [-0.25, -0.2) is 0 Å². The second-order valence-electron chi connectivity index (χ2n) is 11.3. The Morgan fingerprint density at radius 2 is 1.92 bits per heavy atom. The van der Waals surface area contributed by atoms with Crippen LogP contribution in [-0.4, -0.2) is 64.5 Å². The fourth-order valence-corrected chi connectivity index (χ4v) is 7.14. The van der Waals surface area contributed by atoms with Gasteiger partial charge in [0.15, 0.2) is 0 Å². The van der Waals surface area contributed by atoms with Gasteiger partial charge >= 0.3 is 0 Å². The van der Waals surface area contributed by atoms with Crippen LogP contribution < -0.4 is 0 Å². The van der Waals surface area contributed by atoms with Gasteiger partial charge in [-0.3, -0.25) is 14.5 Å². The van der Waals surface area contributed by atoms with Crippen LogP contribution in [0.1, 0.15) is 76.7 Å². The number of benzene rings is 1. The van der Waals surface area contributed by atoms with E-state index in [0.717, 1.165) is 61.7 Å². The normalized spacial score (nSPS) is 25.4. The number of aliphatic hydroxyl groups excluding tert-OH is 2. The van der Waals surface area contributed by atoms with Gasteiger partial charge in [-0.15, -0.1) is 0 Å². The fraction of sp³-hybridized carbons (Fsp3) is 0.613. The number of halogens is 1. The molecule has 39 heavy (non-hydrogen) atoms. The van der Waals surface area contributed by atoms with Crippen molar-refractivity contribution in [1.29, 1.82) is 0 Å². The first kappa shape index (κ1) is 29.8. The van der Waals surface area contributed by atoms with Gasteiger partial charge in [-0.2, -0.15) is 0 Å². The first-order chi connectivity index (χ1) is 18.8. The summed E-state index contributed by atoms with van der Waals surface area (Å²) in [4.78, 5) is 28.7. The summed E-state index contributed by atoms with van der Waals surface area (Å²) in [6.45, 7) is 2.03. The Labute approximate surface area is 236 Å². The van der Waals surface area contributed by atoms with Crippen molar-refractivity contribution in [3.8, 4) is 5.75 Å². The summed E-state index contributed by atoms with van der Waals surface area (Å²) < 4.78 is 5.47. The monoisotopic (exact) mass is 559 g/mol. The smallest absolute Gasteiger partial charge is 0.234 e. The number of carbonyl (C=O) groups is 2. The standard InChI is InChI=1S/C31H42ClNO6/c1-3-7-19(14-20-11-12-23(35)16-26(20)32)10-13-27(36)28-21(18-39-2)15-24-29(25(28)17-34)31(38)33(30(24)37)22-8-5-4-6-9-22/h11-12,14,16,22,24-25,27,29,34-36H,3-10,13,15,17-18H2,1-2H3/b19-14+/t24-,25+,27-,29-/m1/s1. The molecule has 1 aromatic carbocycles. The number of aliphatic hydroxyl groups is 2. The van der Waals surface area contributed by atoms with Crippen molar-refractivity contribution in [3.63, 3.8) is 0 Å². The number of methoxy groups -OCH3 is 1. The van der Waals surface area contributed by atoms with Gasteiger partial charge < -0.3 is 20.1 Å². The summed E-state index contributed by atoms with van der Waals surface area (Å²) in [6, 6.07) is 4.82. The predicted octanol–water partition coefficient (Wildman–Crippen LogP) is 5.26. The number of carbonyl (C=O) groups excluding carboxylic acids is 2. The average molecular weight is 560 g/mol. The maximum atomic E-state index is 13.7. The van der Waals surface area contributed by atoms with Gasteiger partial charge in [-0.1, -0.05) is 55.9 Å². The SMILES string of the molecule is CCC/C(=C\c1ccc(O)cc1Cl)CC[C@@H](O)C1=C(COC)C[C@H]2C(=O)N(C3CCCCC3)C(=O)[C@H]2[C@H]1CO. The Morgan fingerprint density at radius 1 is 1.18 bits per heavy atom. The molecule has 7 nitrogen and oxygen atoms in total. The minimum absolute atomic E-state index is 0.0589. The Hall–Kier alpha value is -2.19. The second-order valence-corrected chi connectivity index (χ2v) is 11.7. The molecule has 0 aromatic heterocycles. The van der Waals surface area contributed by atoms with E-state index in [1.807, 2.05) is 6.08 Å². The van der Waals surface area contributed by atoms with Crippen molar-refractivity contribution in [2.75, 3.05) is 20.3 Å². The molecule has 0 radical (unpaired) electrons. The van der Waals surface area contributed by atoms with E-state index in [4.69, 9.17) is 16.3 Å². The van der Waals surface area contributed by atoms with Crippen molar-refractivity contribution in [2.45, 2.75) is 83.3 Å². The molecular weight excluding hydrogens is 518 g/mol. The van der Waals surface area contributed by atoms with Crippen molar-refractivity contribution >= 4 is 29.5 Å². The summed E-state index contributed by atoms with van der Waals surface area (Å²) >= 11 is 6.33. The van der Waals surface area contributed by atoms with Crippen LogP contribution in [0.25, 0.3) is 6.08 Å². The third-order valence-electron chi connectivity index (χ3n) is 8.69. The molecule has 3 aliphatic rings. The molecule has 1 saturated heterocycles. The molecule has 2 aliphatic carbocycles.